The molecule has 1 aromatic carbocycles. The van der Waals surface area contributed by atoms with Crippen molar-refractivity contribution in [3.63, 3.8) is 0 Å². The van der Waals surface area contributed by atoms with Crippen LogP contribution in [0, 0.1) is 6.92 Å². The summed E-state index contributed by atoms with van der Waals surface area (Å²) < 4.78 is 5.38. The van der Waals surface area contributed by atoms with Gasteiger partial charge in [0.15, 0.2) is 5.96 Å². The summed E-state index contributed by atoms with van der Waals surface area (Å²) in [6, 6.07) is 8.46. The van der Waals surface area contributed by atoms with Gasteiger partial charge in [-0.25, -0.2) is 4.99 Å². The van der Waals surface area contributed by atoms with Crippen LogP contribution in [0.25, 0.3) is 0 Å². The van der Waals surface area contributed by atoms with Crippen molar-refractivity contribution < 1.29 is 4.74 Å². The van der Waals surface area contributed by atoms with E-state index in [0.29, 0.717) is 6.54 Å². The maximum atomic E-state index is 5.38. The number of thiophene rings is 1. The number of rotatable bonds is 7. The Bertz CT molecular complexity index is 629. The van der Waals surface area contributed by atoms with Crippen LogP contribution in [0.5, 0.6) is 5.75 Å². The minimum absolute atomic E-state index is 0. The number of nitrogens with one attached hydrogen (secondary N) is 2. The highest BCUT2D eigenvalue weighted by Crippen LogP contribution is 2.19. The molecule has 0 radical (unpaired) electrons. The van der Waals surface area contributed by atoms with Crippen LogP contribution in [0.1, 0.15) is 23.6 Å². The fourth-order valence-corrected chi connectivity index (χ4v) is 2.90. The van der Waals surface area contributed by atoms with Gasteiger partial charge in [0.1, 0.15) is 5.75 Å². The number of hydrogen-bond acceptors (Lipinski definition) is 3. The summed E-state index contributed by atoms with van der Waals surface area (Å²) in [5, 5.41) is 10.9. The summed E-state index contributed by atoms with van der Waals surface area (Å²) in [6.07, 6.45) is 0.930. The molecule has 2 rings (SSSR count). The van der Waals surface area contributed by atoms with Gasteiger partial charge in [-0.2, -0.15) is 11.3 Å². The molecule has 2 aromatic rings. The van der Waals surface area contributed by atoms with Crippen molar-refractivity contribution in [2.75, 3.05) is 20.2 Å². The first-order chi connectivity index (χ1) is 11.2. The number of nitrogens with zero attached hydrogens (tertiary/aromatic N) is 1. The van der Waals surface area contributed by atoms with Crippen molar-refractivity contribution >= 4 is 41.3 Å². The monoisotopic (exact) mass is 459 g/mol. The quantitative estimate of drug-likeness (QED) is 0.374. The molecule has 0 bridgehead atoms. The molecule has 132 valence electrons. The van der Waals surface area contributed by atoms with E-state index in [-0.39, 0.29) is 24.0 Å². The Morgan fingerprint density at radius 1 is 1.21 bits per heavy atom. The molecule has 0 aliphatic carbocycles. The first-order valence-corrected chi connectivity index (χ1v) is 8.84. The molecule has 0 aliphatic rings. The minimum atomic E-state index is 0. The Labute approximate surface area is 165 Å². The molecule has 4 nitrogen and oxygen atoms in total. The molecule has 1 aromatic heterocycles. The summed E-state index contributed by atoms with van der Waals surface area (Å²) in [6.45, 7) is 6.53. The average Bonchev–Trinajstić information content (AvgIpc) is 3.07. The molecular weight excluding hydrogens is 433 g/mol. The summed E-state index contributed by atoms with van der Waals surface area (Å²) in [5.74, 6) is 1.80. The molecule has 1 heterocycles. The van der Waals surface area contributed by atoms with Crippen LogP contribution < -0.4 is 15.4 Å². The van der Waals surface area contributed by atoms with E-state index in [0.717, 1.165) is 36.8 Å². The van der Waals surface area contributed by atoms with Gasteiger partial charge in [-0.1, -0.05) is 12.1 Å². The molecular formula is C18H26IN3OS. The van der Waals surface area contributed by atoms with E-state index in [1.54, 1.807) is 18.4 Å². The van der Waals surface area contributed by atoms with Gasteiger partial charge in [0.2, 0.25) is 0 Å². The van der Waals surface area contributed by atoms with Crippen LogP contribution in [-0.4, -0.2) is 26.2 Å². The van der Waals surface area contributed by atoms with Crippen molar-refractivity contribution in [2.45, 2.75) is 26.8 Å². The molecule has 0 amide bonds. The van der Waals surface area contributed by atoms with E-state index < -0.39 is 0 Å². The fraction of sp³-hybridized carbons (Fsp3) is 0.389. The Hall–Kier alpha value is -1.28. The first kappa shape index (κ1) is 20.8. The van der Waals surface area contributed by atoms with Crippen molar-refractivity contribution in [1.82, 2.24) is 10.6 Å². The second-order valence-corrected chi connectivity index (χ2v) is 6.09. The van der Waals surface area contributed by atoms with Gasteiger partial charge < -0.3 is 15.4 Å². The van der Waals surface area contributed by atoms with Crippen LogP contribution in [0.15, 0.2) is 40.0 Å². The van der Waals surface area contributed by atoms with E-state index in [2.05, 4.69) is 64.5 Å². The van der Waals surface area contributed by atoms with E-state index in [1.807, 2.05) is 0 Å². The van der Waals surface area contributed by atoms with Crippen molar-refractivity contribution in [2.24, 2.45) is 4.99 Å². The normalized spacial score (nSPS) is 10.9. The standard InChI is InChI=1S/C18H25N3OS.HI/c1-4-19-18(21-12-16-8-10-23-13-16)20-9-7-15-6-5-14(2)17(11-15)22-3;/h5-6,8,10-11,13H,4,7,9,12H2,1-3H3,(H2,19,20,21);1H. The highest BCUT2D eigenvalue weighted by atomic mass is 127. The predicted octanol–water partition coefficient (Wildman–Crippen LogP) is 3.98. The van der Waals surface area contributed by atoms with Crippen LogP contribution in [-0.2, 0) is 13.0 Å². The van der Waals surface area contributed by atoms with Gasteiger partial charge in [-0.3, -0.25) is 0 Å². The summed E-state index contributed by atoms with van der Waals surface area (Å²) in [4.78, 5) is 4.61. The zero-order valence-corrected chi connectivity index (χ0v) is 17.6. The third kappa shape index (κ3) is 6.68. The number of hydrogen-bond donors (Lipinski definition) is 2. The number of benzene rings is 1. The lowest BCUT2D eigenvalue weighted by atomic mass is 10.1. The second-order valence-electron chi connectivity index (χ2n) is 5.31. The predicted molar refractivity (Wildman–Crippen MR) is 114 cm³/mol. The maximum Gasteiger partial charge on any atom is 0.191 e. The Morgan fingerprint density at radius 2 is 2.04 bits per heavy atom. The molecule has 24 heavy (non-hydrogen) atoms. The summed E-state index contributed by atoms with van der Waals surface area (Å²) in [7, 11) is 1.71. The Balaban J connectivity index is 0.00000288. The van der Waals surface area contributed by atoms with Crippen LogP contribution in [0.3, 0.4) is 0 Å². The van der Waals surface area contributed by atoms with Crippen LogP contribution in [0.4, 0.5) is 0 Å². The summed E-state index contributed by atoms with van der Waals surface area (Å²) in [5.41, 5.74) is 3.67. The van der Waals surface area contributed by atoms with Gasteiger partial charge in [0, 0.05) is 13.1 Å². The minimum Gasteiger partial charge on any atom is -0.496 e. The Morgan fingerprint density at radius 3 is 2.71 bits per heavy atom. The molecule has 0 spiro atoms. The lowest BCUT2D eigenvalue weighted by Crippen LogP contribution is -2.38. The van der Waals surface area contributed by atoms with Crippen molar-refractivity contribution in [1.29, 1.82) is 0 Å². The SMILES string of the molecule is CCNC(=NCc1ccsc1)NCCc1ccc(C)c(OC)c1.I. The first-order valence-electron chi connectivity index (χ1n) is 7.89. The number of ether oxygens (including phenoxy) is 1. The highest BCUT2D eigenvalue weighted by Gasteiger charge is 2.02. The van der Waals surface area contributed by atoms with Gasteiger partial charge in [-0.05, 0) is 59.9 Å². The maximum absolute atomic E-state index is 5.38. The van der Waals surface area contributed by atoms with E-state index >= 15 is 0 Å². The van der Waals surface area contributed by atoms with Crippen LogP contribution >= 0.6 is 35.3 Å². The highest BCUT2D eigenvalue weighted by molar-refractivity contribution is 14.0. The molecule has 0 atom stereocenters. The molecule has 0 aliphatic heterocycles. The zero-order valence-electron chi connectivity index (χ0n) is 14.5. The lowest BCUT2D eigenvalue weighted by molar-refractivity contribution is 0.411. The van der Waals surface area contributed by atoms with E-state index in [9.17, 15) is 0 Å². The van der Waals surface area contributed by atoms with E-state index in [4.69, 9.17) is 4.74 Å². The topological polar surface area (TPSA) is 45.7 Å². The van der Waals surface area contributed by atoms with Gasteiger partial charge in [0.25, 0.3) is 0 Å². The smallest absolute Gasteiger partial charge is 0.191 e. The zero-order chi connectivity index (χ0) is 16.5. The Kier molecular flexibility index (Phi) is 9.78. The van der Waals surface area contributed by atoms with Gasteiger partial charge >= 0.3 is 0 Å². The number of guanidine groups is 1. The van der Waals surface area contributed by atoms with E-state index in [1.165, 1.54) is 11.1 Å². The molecule has 0 saturated heterocycles. The summed E-state index contributed by atoms with van der Waals surface area (Å²) >= 11 is 1.70. The fourth-order valence-electron chi connectivity index (χ4n) is 2.24. The molecule has 6 heteroatoms. The molecule has 2 N–H and O–H groups in total. The number of aryl methyl sites for hydroxylation is 1. The van der Waals surface area contributed by atoms with Crippen LogP contribution in [0.2, 0.25) is 0 Å². The second kappa shape index (κ2) is 11.3. The van der Waals surface area contributed by atoms with Crippen molar-refractivity contribution in [3.8, 4) is 5.75 Å². The molecule has 0 saturated carbocycles. The lowest BCUT2D eigenvalue weighted by Gasteiger charge is -2.12. The molecule has 0 fully saturated rings. The largest absolute Gasteiger partial charge is 0.496 e. The third-order valence-electron chi connectivity index (χ3n) is 3.52. The number of aliphatic imine (C=N–C) groups is 1. The number of halogens is 1. The number of methoxy groups -OCH3 is 1. The third-order valence-corrected chi connectivity index (χ3v) is 4.25. The van der Waals surface area contributed by atoms with Gasteiger partial charge in [-0.15, -0.1) is 24.0 Å². The van der Waals surface area contributed by atoms with Crippen molar-refractivity contribution in [3.05, 3.63) is 51.7 Å². The average molecular weight is 459 g/mol. The molecule has 0 unspecified atom stereocenters. The van der Waals surface area contributed by atoms with Gasteiger partial charge in [0.05, 0.1) is 13.7 Å².